The largest absolute Gasteiger partial charge is 0.355 e. The van der Waals surface area contributed by atoms with E-state index in [9.17, 15) is 0 Å². The van der Waals surface area contributed by atoms with Gasteiger partial charge in [-0.3, -0.25) is 9.67 Å². The molecule has 0 radical (unpaired) electrons. The number of benzene rings is 1. The van der Waals surface area contributed by atoms with Gasteiger partial charge in [0, 0.05) is 45.6 Å². The van der Waals surface area contributed by atoms with Crippen molar-refractivity contribution in [2.75, 3.05) is 33.2 Å². The van der Waals surface area contributed by atoms with Gasteiger partial charge in [0.2, 0.25) is 0 Å². The van der Waals surface area contributed by atoms with Crippen LogP contribution in [0.1, 0.15) is 30.9 Å². The van der Waals surface area contributed by atoms with Gasteiger partial charge in [-0.1, -0.05) is 31.2 Å². The molecule has 1 aliphatic rings. The molecular weight excluding hydrogens is 463 g/mol. The fourth-order valence-corrected chi connectivity index (χ4v) is 3.67. The second kappa shape index (κ2) is 12.1. The zero-order chi connectivity index (χ0) is 18.9. The molecule has 154 valence electrons. The van der Waals surface area contributed by atoms with Gasteiger partial charge < -0.3 is 15.5 Å². The zero-order valence-electron chi connectivity index (χ0n) is 17.0. The molecule has 1 aliphatic heterocycles. The van der Waals surface area contributed by atoms with E-state index in [1.807, 2.05) is 30.2 Å². The number of aromatic nitrogens is 2. The minimum absolute atomic E-state index is 0. The maximum Gasteiger partial charge on any atom is 0.191 e. The molecule has 7 heteroatoms. The summed E-state index contributed by atoms with van der Waals surface area (Å²) in [5.41, 5.74) is 2.53. The monoisotopic (exact) mass is 496 g/mol. The lowest BCUT2D eigenvalue weighted by atomic mass is 10.0. The lowest BCUT2D eigenvalue weighted by molar-refractivity contribution is 0.187. The van der Waals surface area contributed by atoms with Crippen LogP contribution in [0, 0.1) is 5.92 Å². The van der Waals surface area contributed by atoms with Crippen molar-refractivity contribution in [3.63, 3.8) is 0 Å². The fraction of sp³-hybridized carbons (Fsp3) is 0.524. The Balaban J connectivity index is 0.00000280. The first-order valence-electron chi connectivity index (χ1n) is 9.95. The number of hydrogen-bond acceptors (Lipinski definition) is 3. The minimum atomic E-state index is 0. The Labute approximate surface area is 185 Å². The van der Waals surface area contributed by atoms with E-state index in [0.29, 0.717) is 0 Å². The molecule has 2 aromatic rings. The van der Waals surface area contributed by atoms with E-state index in [0.717, 1.165) is 38.1 Å². The molecule has 0 bridgehead atoms. The van der Waals surface area contributed by atoms with Crippen molar-refractivity contribution in [2.45, 2.75) is 32.9 Å². The minimum Gasteiger partial charge on any atom is -0.355 e. The van der Waals surface area contributed by atoms with E-state index in [-0.39, 0.29) is 24.0 Å². The third kappa shape index (κ3) is 7.09. The molecule has 0 aliphatic carbocycles. The van der Waals surface area contributed by atoms with Crippen LogP contribution in [0.4, 0.5) is 0 Å². The van der Waals surface area contributed by atoms with E-state index in [4.69, 9.17) is 0 Å². The molecule has 1 atom stereocenters. The number of halogens is 1. The van der Waals surface area contributed by atoms with E-state index in [1.54, 1.807) is 0 Å². The Kier molecular flexibility index (Phi) is 9.77. The third-order valence-electron chi connectivity index (χ3n) is 5.14. The van der Waals surface area contributed by atoms with Crippen LogP contribution in [0.3, 0.4) is 0 Å². The standard InChI is InChI=1S/C21H32N6.HI/c1-18-7-5-12-26(16-18)14-11-23-21(22-2)24-15-19-8-3-4-9-20(19)17-27-13-6-10-25-27;/h3-4,6,8-10,13,18H,5,7,11-12,14-17H2,1-2H3,(H2,22,23,24);1H. The molecular formula is C21H33IN6. The maximum atomic E-state index is 4.36. The molecule has 28 heavy (non-hydrogen) atoms. The molecule has 0 spiro atoms. The van der Waals surface area contributed by atoms with Crippen LogP contribution in [-0.2, 0) is 13.1 Å². The van der Waals surface area contributed by atoms with Crippen LogP contribution < -0.4 is 10.6 Å². The molecule has 1 saturated heterocycles. The van der Waals surface area contributed by atoms with Gasteiger partial charge in [-0.05, 0) is 42.5 Å². The van der Waals surface area contributed by atoms with Gasteiger partial charge in [-0.2, -0.15) is 5.10 Å². The molecule has 1 aromatic carbocycles. The quantitative estimate of drug-likeness (QED) is 0.352. The Morgan fingerprint density at radius 1 is 1.21 bits per heavy atom. The highest BCUT2D eigenvalue weighted by Gasteiger charge is 2.15. The Morgan fingerprint density at radius 2 is 2.04 bits per heavy atom. The first-order valence-corrected chi connectivity index (χ1v) is 9.95. The van der Waals surface area contributed by atoms with E-state index >= 15 is 0 Å². The van der Waals surface area contributed by atoms with Crippen molar-refractivity contribution in [2.24, 2.45) is 10.9 Å². The van der Waals surface area contributed by atoms with Crippen LogP contribution >= 0.6 is 24.0 Å². The normalized spacial score (nSPS) is 17.8. The summed E-state index contributed by atoms with van der Waals surface area (Å²) in [6, 6.07) is 10.4. The summed E-state index contributed by atoms with van der Waals surface area (Å²) in [7, 11) is 1.83. The number of hydrogen-bond donors (Lipinski definition) is 2. The number of nitrogens with one attached hydrogen (secondary N) is 2. The van der Waals surface area contributed by atoms with Gasteiger partial charge in [-0.15, -0.1) is 24.0 Å². The number of aliphatic imine (C=N–C) groups is 1. The average molecular weight is 496 g/mol. The molecule has 6 nitrogen and oxygen atoms in total. The number of piperidine rings is 1. The lowest BCUT2D eigenvalue weighted by Gasteiger charge is -2.30. The summed E-state index contributed by atoms with van der Waals surface area (Å²) in [6.07, 6.45) is 6.49. The topological polar surface area (TPSA) is 57.5 Å². The lowest BCUT2D eigenvalue weighted by Crippen LogP contribution is -2.43. The highest BCUT2D eigenvalue weighted by atomic mass is 127. The van der Waals surface area contributed by atoms with Crippen molar-refractivity contribution < 1.29 is 0 Å². The smallest absolute Gasteiger partial charge is 0.191 e. The Bertz CT molecular complexity index is 715. The van der Waals surface area contributed by atoms with Crippen LogP contribution in [0.5, 0.6) is 0 Å². The number of likely N-dealkylation sites (tertiary alicyclic amines) is 1. The van der Waals surface area contributed by atoms with E-state index < -0.39 is 0 Å². The second-order valence-electron chi connectivity index (χ2n) is 7.37. The van der Waals surface area contributed by atoms with E-state index in [1.165, 1.54) is 37.1 Å². The molecule has 1 unspecified atom stereocenters. The number of nitrogens with zero attached hydrogens (tertiary/aromatic N) is 4. The molecule has 1 fully saturated rings. The Morgan fingerprint density at radius 3 is 2.75 bits per heavy atom. The SMILES string of the molecule is CN=C(NCCN1CCCC(C)C1)NCc1ccccc1Cn1cccn1.I. The van der Waals surface area contributed by atoms with E-state index in [2.05, 4.69) is 56.8 Å². The first-order chi connectivity index (χ1) is 13.2. The average Bonchev–Trinajstić information content (AvgIpc) is 3.19. The second-order valence-corrected chi connectivity index (χ2v) is 7.37. The Hall–Kier alpha value is -1.61. The van der Waals surface area contributed by atoms with Crippen molar-refractivity contribution in [1.29, 1.82) is 0 Å². The van der Waals surface area contributed by atoms with Crippen molar-refractivity contribution in [3.8, 4) is 0 Å². The molecule has 1 aromatic heterocycles. The highest BCUT2D eigenvalue weighted by Crippen LogP contribution is 2.14. The van der Waals surface area contributed by atoms with Crippen LogP contribution in [-0.4, -0.2) is 53.9 Å². The van der Waals surface area contributed by atoms with Gasteiger partial charge in [0.05, 0.1) is 6.54 Å². The van der Waals surface area contributed by atoms with Gasteiger partial charge in [0.25, 0.3) is 0 Å². The van der Waals surface area contributed by atoms with Crippen LogP contribution in [0.15, 0.2) is 47.7 Å². The van der Waals surface area contributed by atoms with Crippen LogP contribution in [0.25, 0.3) is 0 Å². The summed E-state index contributed by atoms with van der Waals surface area (Å²) in [5.74, 6) is 1.68. The summed E-state index contributed by atoms with van der Waals surface area (Å²) in [6.45, 7) is 8.30. The van der Waals surface area contributed by atoms with Crippen molar-refractivity contribution >= 4 is 29.9 Å². The van der Waals surface area contributed by atoms with Gasteiger partial charge in [0.1, 0.15) is 0 Å². The van der Waals surface area contributed by atoms with Gasteiger partial charge in [-0.25, -0.2) is 0 Å². The summed E-state index contributed by atoms with van der Waals surface area (Å²) in [4.78, 5) is 6.91. The van der Waals surface area contributed by atoms with Crippen molar-refractivity contribution in [3.05, 3.63) is 53.9 Å². The first kappa shape index (κ1) is 22.7. The molecule has 2 N–H and O–H groups in total. The summed E-state index contributed by atoms with van der Waals surface area (Å²) in [5, 5.41) is 11.2. The molecule has 3 rings (SSSR count). The zero-order valence-corrected chi connectivity index (χ0v) is 19.3. The maximum absolute atomic E-state index is 4.36. The molecule has 2 heterocycles. The van der Waals surface area contributed by atoms with Gasteiger partial charge in [0.15, 0.2) is 5.96 Å². The highest BCUT2D eigenvalue weighted by molar-refractivity contribution is 14.0. The number of rotatable bonds is 7. The molecule has 0 saturated carbocycles. The summed E-state index contributed by atoms with van der Waals surface area (Å²) >= 11 is 0. The third-order valence-corrected chi connectivity index (χ3v) is 5.14. The predicted molar refractivity (Wildman–Crippen MR) is 126 cm³/mol. The fourth-order valence-electron chi connectivity index (χ4n) is 3.67. The van der Waals surface area contributed by atoms with Crippen LogP contribution in [0.2, 0.25) is 0 Å². The van der Waals surface area contributed by atoms with Crippen molar-refractivity contribution in [1.82, 2.24) is 25.3 Å². The summed E-state index contributed by atoms with van der Waals surface area (Å²) < 4.78 is 1.95. The van der Waals surface area contributed by atoms with Gasteiger partial charge >= 0.3 is 0 Å². The number of guanidine groups is 1. The predicted octanol–water partition coefficient (Wildman–Crippen LogP) is 2.95. The molecule has 0 amide bonds.